The second-order valence-corrected chi connectivity index (χ2v) is 5.23. The number of fused-ring (bicyclic) bond motifs is 3. The molecule has 2 aromatic heterocycles. The van der Waals surface area contributed by atoms with E-state index in [0.717, 1.165) is 22.6 Å². The molecule has 1 aliphatic rings. The van der Waals surface area contributed by atoms with E-state index in [2.05, 4.69) is 10.1 Å². The highest BCUT2D eigenvalue weighted by atomic mass is 16.5. The predicted molar refractivity (Wildman–Crippen MR) is 79.7 cm³/mol. The molecule has 0 atom stereocenters. The van der Waals surface area contributed by atoms with Crippen molar-refractivity contribution in [1.82, 2.24) is 19.3 Å². The fourth-order valence-electron chi connectivity index (χ4n) is 2.86. The zero-order valence-corrected chi connectivity index (χ0v) is 12.3. The van der Waals surface area contributed by atoms with Crippen molar-refractivity contribution in [3.8, 4) is 17.0 Å². The Labute approximate surface area is 127 Å². The fourth-order valence-corrected chi connectivity index (χ4v) is 2.86. The zero-order valence-electron chi connectivity index (χ0n) is 12.3. The van der Waals surface area contributed by atoms with Crippen molar-refractivity contribution >= 4 is 5.91 Å². The van der Waals surface area contributed by atoms with Gasteiger partial charge in [-0.1, -0.05) is 12.1 Å². The van der Waals surface area contributed by atoms with Crippen LogP contribution >= 0.6 is 0 Å². The lowest BCUT2D eigenvalue weighted by Gasteiger charge is -2.18. The molecule has 110 valence electrons. The summed E-state index contributed by atoms with van der Waals surface area (Å²) in [7, 11) is 1.85. The van der Waals surface area contributed by atoms with Crippen LogP contribution in [-0.4, -0.2) is 25.2 Å². The highest BCUT2D eigenvalue weighted by molar-refractivity contribution is 5.98. The van der Waals surface area contributed by atoms with Crippen molar-refractivity contribution in [3.63, 3.8) is 0 Å². The van der Waals surface area contributed by atoms with E-state index < -0.39 is 0 Å². The highest BCUT2D eigenvalue weighted by Crippen LogP contribution is 2.38. The molecule has 0 N–H and O–H groups in total. The molecule has 0 spiro atoms. The summed E-state index contributed by atoms with van der Waals surface area (Å²) in [6.07, 6.45) is 3.25. The van der Waals surface area contributed by atoms with Crippen molar-refractivity contribution in [2.24, 2.45) is 7.05 Å². The zero-order chi connectivity index (χ0) is 15.3. The van der Waals surface area contributed by atoms with Gasteiger partial charge in [-0.15, -0.1) is 0 Å². The van der Waals surface area contributed by atoms with Crippen LogP contribution in [0.2, 0.25) is 0 Å². The first-order valence-corrected chi connectivity index (χ1v) is 6.99. The van der Waals surface area contributed by atoms with Crippen molar-refractivity contribution in [1.29, 1.82) is 0 Å². The van der Waals surface area contributed by atoms with Crippen LogP contribution in [0.4, 0.5) is 0 Å². The van der Waals surface area contributed by atoms with Crippen molar-refractivity contribution in [3.05, 3.63) is 53.7 Å². The number of aromatic nitrogens is 4. The van der Waals surface area contributed by atoms with Gasteiger partial charge in [0.1, 0.15) is 18.2 Å². The minimum atomic E-state index is -0.185. The van der Waals surface area contributed by atoms with Crippen LogP contribution in [0.25, 0.3) is 11.3 Å². The Morgan fingerprint density at radius 1 is 1.32 bits per heavy atom. The molecule has 1 aliphatic heterocycles. The SMILES string of the molecule is Cc1nccn1C(=O)c1nn(C)c2c1COc1ccccc1-2. The Morgan fingerprint density at radius 3 is 2.91 bits per heavy atom. The lowest BCUT2D eigenvalue weighted by molar-refractivity contribution is 0.0949. The van der Waals surface area contributed by atoms with Gasteiger partial charge in [0.05, 0.1) is 5.69 Å². The van der Waals surface area contributed by atoms with E-state index >= 15 is 0 Å². The maximum Gasteiger partial charge on any atom is 0.284 e. The van der Waals surface area contributed by atoms with Crippen LogP contribution in [0.3, 0.4) is 0 Å². The molecular weight excluding hydrogens is 280 g/mol. The number of carbonyl (C=O) groups is 1. The Balaban J connectivity index is 1.89. The first kappa shape index (κ1) is 12.8. The number of hydrogen-bond donors (Lipinski definition) is 0. The fraction of sp³-hybridized carbons (Fsp3) is 0.188. The Morgan fingerprint density at radius 2 is 2.14 bits per heavy atom. The number of ether oxygens (including phenoxy) is 1. The van der Waals surface area contributed by atoms with Gasteiger partial charge in [-0.3, -0.25) is 14.0 Å². The van der Waals surface area contributed by atoms with E-state index in [9.17, 15) is 4.79 Å². The second kappa shape index (κ2) is 4.56. The van der Waals surface area contributed by atoms with Gasteiger partial charge in [0.25, 0.3) is 5.91 Å². The minimum Gasteiger partial charge on any atom is -0.488 e. The first-order chi connectivity index (χ1) is 10.7. The normalized spacial score (nSPS) is 12.5. The van der Waals surface area contributed by atoms with Gasteiger partial charge in [0, 0.05) is 30.6 Å². The highest BCUT2D eigenvalue weighted by Gasteiger charge is 2.29. The number of nitrogens with zero attached hydrogens (tertiary/aromatic N) is 4. The maximum atomic E-state index is 12.7. The molecule has 0 bridgehead atoms. The maximum absolute atomic E-state index is 12.7. The van der Waals surface area contributed by atoms with Gasteiger partial charge >= 0.3 is 0 Å². The topological polar surface area (TPSA) is 61.9 Å². The third-order valence-electron chi connectivity index (χ3n) is 3.91. The number of para-hydroxylation sites is 1. The largest absolute Gasteiger partial charge is 0.488 e. The quantitative estimate of drug-likeness (QED) is 0.690. The second-order valence-electron chi connectivity index (χ2n) is 5.23. The van der Waals surface area contributed by atoms with Gasteiger partial charge in [-0.05, 0) is 19.1 Å². The van der Waals surface area contributed by atoms with E-state index in [0.29, 0.717) is 18.1 Å². The van der Waals surface area contributed by atoms with Gasteiger partial charge in [-0.25, -0.2) is 4.98 Å². The summed E-state index contributed by atoms with van der Waals surface area (Å²) in [6, 6.07) is 7.78. The van der Waals surface area contributed by atoms with E-state index in [-0.39, 0.29) is 5.91 Å². The summed E-state index contributed by atoms with van der Waals surface area (Å²) in [6.45, 7) is 2.13. The van der Waals surface area contributed by atoms with Crippen LogP contribution in [-0.2, 0) is 13.7 Å². The third-order valence-corrected chi connectivity index (χ3v) is 3.91. The Kier molecular flexibility index (Phi) is 2.66. The monoisotopic (exact) mass is 294 g/mol. The molecule has 6 nitrogen and oxygen atoms in total. The molecule has 3 aromatic rings. The molecule has 0 radical (unpaired) electrons. The van der Waals surface area contributed by atoms with E-state index in [1.807, 2.05) is 31.3 Å². The smallest absolute Gasteiger partial charge is 0.284 e. The molecule has 4 rings (SSSR count). The Hall–Kier alpha value is -2.89. The summed E-state index contributed by atoms with van der Waals surface area (Å²) in [5, 5.41) is 4.43. The number of aryl methyl sites for hydroxylation is 2. The standard InChI is InChI=1S/C16H14N4O2/c1-10-17-7-8-20(10)16(21)14-12-9-22-13-6-4-3-5-11(13)15(12)19(2)18-14/h3-8H,9H2,1-2H3. The van der Waals surface area contributed by atoms with Crippen LogP contribution in [0, 0.1) is 6.92 Å². The van der Waals surface area contributed by atoms with E-state index in [4.69, 9.17) is 4.74 Å². The predicted octanol–water partition coefficient (Wildman–Crippen LogP) is 2.17. The lowest BCUT2D eigenvalue weighted by atomic mass is 10.0. The van der Waals surface area contributed by atoms with Crippen molar-refractivity contribution in [2.75, 3.05) is 0 Å². The average Bonchev–Trinajstić information content (AvgIpc) is 3.10. The molecule has 1 aromatic carbocycles. The molecule has 0 unspecified atom stereocenters. The van der Waals surface area contributed by atoms with Crippen LogP contribution in [0.1, 0.15) is 21.9 Å². The van der Waals surface area contributed by atoms with Crippen LogP contribution in [0.5, 0.6) is 5.75 Å². The number of carbonyl (C=O) groups excluding carboxylic acids is 1. The minimum absolute atomic E-state index is 0.185. The van der Waals surface area contributed by atoms with Crippen molar-refractivity contribution in [2.45, 2.75) is 13.5 Å². The molecular formula is C16H14N4O2. The third kappa shape index (κ3) is 1.70. The summed E-state index contributed by atoms with van der Waals surface area (Å²) < 4.78 is 9.02. The molecule has 3 heterocycles. The molecule has 0 fully saturated rings. The number of imidazole rings is 1. The summed E-state index contributed by atoms with van der Waals surface area (Å²) >= 11 is 0. The molecule has 0 amide bonds. The van der Waals surface area contributed by atoms with Crippen molar-refractivity contribution < 1.29 is 9.53 Å². The molecule has 0 saturated carbocycles. The molecule has 6 heteroatoms. The summed E-state index contributed by atoms with van der Waals surface area (Å²) in [4.78, 5) is 16.8. The first-order valence-electron chi connectivity index (χ1n) is 6.99. The van der Waals surface area contributed by atoms with Crippen LogP contribution in [0.15, 0.2) is 36.7 Å². The van der Waals surface area contributed by atoms with Gasteiger partial charge in [0.15, 0.2) is 5.69 Å². The Bertz CT molecular complexity index is 891. The van der Waals surface area contributed by atoms with Gasteiger partial charge < -0.3 is 4.74 Å². The van der Waals surface area contributed by atoms with Gasteiger partial charge in [0.2, 0.25) is 0 Å². The summed E-state index contributed by atoms with van der Waals surface area (Å²) in [5.41, 5.74) is 3.12. The molecule has 0 aliphatic carbocycles. The van der Waals surface area contributed by atoms with E-state index in [1.165, 1.54) is 4.57 Å². The van der Waals surface area contributed by atoms with E-state index in [1.54, 1.807) is 24.0 Å². The molecule has 22 heavy (non-hydrogen) atoms. The lowest BCUT2D eigenvalue weighted by Crippen LogP contribution is -2.16. The average molecular weight is 294 g/mol. The number of benzene rings is 1. The number of hydrogen-bond acceptors (Lipinski definition) is 4. The van der Waals surface area contributed by atoms with Gasteiger partial charge in [-0.2, -0.15) is 5.10 Å². The molecule has 0 saturated heterocycles. The van der Waals surface area contributed by atoms with Crippen LogP contribution < -0.4 is 4.74 Å². The number of rotatable bonds is 1. The summed E-state index contributed by atoms with van der Waals surface area (Å²) in [5.74, 6) is 1.27.